The summed E-state index contributed by atoms with van der Waals surface area (Å²) < 4.78 is 5.23. The highest BCUT2D eigenvalue weighted by Crippen LogP contribution is 2.32. The van der Waals surface area contributed by atoms with Crippen LogP contribution in [-0.2, 0) is 11.2 Å². The van der Waals surface area contributed by atoms with Crippen molar-refractivity contribution in [1.29, 1.82) is 0 Å². The lowest BCUT2D eigenvalue weighted by molar-refractivity contribution is -0.108. The molecule has 0 heterocycles. The zero-order valence-electron chi connectivity index (χ0n) is 9.23. The van der Waals surface area contributed by atoms with E-state index in [1.54, 1.807) is 7.11 Å². The van der Waals surface area contributed by atoms with Crippen molar-refractivity contribution in [3.63, 3.8) is 0 Å². The number of carbonyl (C=O) groups is 2. The van der Waals surface area contributed by atoms with Gasteiger partial charge in [0.15, 0.2) is 5.78 Å². The summed E-state index contributed by atoms with van der Waals surface area (Å²) in [6.45, 7) is 0. The van der Waals surface area contributed by atoms with Crippen LogP contribution in [0.2, 0.25) is 0 Å². The Bertz CT molecular complexity index is 423. The van der Waals surface area contributed by atoms with Crippen molar-refractivity contribution in [2.45, 2.75) is 19.3 Å². The van der Waals surface area contributed by atoms with Crippen LogP contribution >= 0.6 is 0 Å². The minimum absolute atomic E-state index is 0.0762. The molecule has 0 N–H and O–H groups in total. The van der Waals surface area contributed by atoms with Crippen molar-refractivity contribution in [3.8, 4) is 5.75 Å². The van der Waals surface area contributed by atoms with Crippen LogP contribution in [0.15, 0.2) is 18.2 Å². The first-order valence-corrected chi connectivity index (χ1v) is 5.41. The minimum Gasteiger partial charge on any atom is -0.496 e. The maximum absolute atomic E-state index is 12.1. The third kappa shape index (κ3) is 1.73. The quantitative estimate of drug-likeness (QED) is 0.729. The second-order valence-electron chi connectivity index (χ2n) is 3.99. The molecule has 0 spiro atoms. The lowest BCUT2D eigenvalue weighted by atomic mass is 9.81. The fourth-order valence-corrected chi connectivity index (χ4v) is 2.26. The number of rotatable bonds is 3. The molecule has 0 radical (unpaired) electrons. The van der Waals surface area contributed by atoms with E-state index in [0.717, 1.165) is 36.0 Å². The van der Waals surface area contributed by atoms with Gasteiger partial charge < -0.3 is 9.53 Å². The molecule has 1 atom stereocenters. The number of hydrogen-bond donors (Lipinski definition) is 0. The first-order chi connectivity index (χ1) is 7.77. The predicted molar refractivity (Wildman–Crippen MR) is 59.8 cm³/mol. The van der Waals surface area contributed by atoms with Gasteiger partial charge in [-0.25, -0.2) is 0 Å². The first kappa shape index (κ1) is 10.9. The molecule has 16 heavy (non-hydrogen) atoms. The monoisotopic (exact) mass is 218 g/mol. The van der Waals surface area contributed by atoms with E-state index in [4.69, 9.17) is 4.74 Å². The molecule has 0 aromatic heterocycles. The van der Waals surface area contributed by atoms with Crippen molar-refractivity contribution >= 4 is 12.1 Å². The van der Waals surface area contributed by atoms with Crippen LogP contribution in [0.1, 0.15) is 28.8 Å². The fraction of sp³-hybridized carbons (Fsp3) is 0.385. The van der Waals surface area contributed by atoms with Gasteiger partial charge in [0, 0.05) is 23.5 Å². The Morgan fingerprint density at radius 3 is 3.00 bits per heavy atom. The molecule has 3 heteroatoms. The molecule has 3 nitrogen and oxygen atoms in total. The summed E-state index contributed by atoms with van der Waals surface area (Å²) >= 11 is 0. The van der Waals surface area contributed by atoms with Crippen LogP contribution in [0, 0.1) is 5.92 Å². The highest BCUT2D eigenvalue weighted by Gasteiger charge is 2.28. The van der Waals surface area contributed by atoms with Gasteiger partial charge in [-0.2, -0.15) is 0 Å². The molecule has 1 aliphatic carbocycles. The van der Waals surface area contributed by atoms with E-state index in [1.807, 2.05) is 18.2 Å². The molecule has 1 unspecified atom stereocenters. The molecule has 0 saturated heterocycles. The Morgan fingerprint density at radius 1 is 1.50 bits per heavy atom. The summed E-state index contributed by atoms with van der Waals surface area (Å²) in [6.07, 6.45) is 2.71. The molecule has 1 aromatic rings. The summed E-state index contributed by atoms with van der Waals surface area (Å²) in [5.74, 6) is 0.708. The Labute approximate surface area is 94.4 Å². The summed E-state index contributed by atoms with van der Waals surface area (Å²) in [5, 5.41) is 0. The van der Waals surface area contributed by atoms with Gasteiger partial charge in [-0.3, -0.25) is 4.79 Å². The topological polar surface area (TPSA) is 43.4 Å². The van der Waals surface area contributed by atoms with Crippen LogP contribution in [-0.4, -0.2) is 19.2 Å². The van der Waals surface area contributed by atoms with E-state index in [2.05, 4.69) is 0 Å². The molecule has 0 amide bonds. The second kappa shape index (κ2) is 4.47. The number of aldehydes is 1. The van der Waals surface area contributed by atoms with Gasteiger partial charge in [0.1, 0.15) is 12.0 Å². The summed E-state index contributed by atoms with van der Waals surface area (Å²) in [5.41, 5.74) is 1.70. The smallest absolute Gasteiger partial charge is 0.166 e. The number of ether oxygens (including phenoxy) is 1. The number of Topliss-reactive ketones (excluding diaryl/α,β-unsaturated/α-hetero) is 1. The highest BCUT2D eigenvalue weighted by molar-refractivity contribution is 6.01. The number of benzene rings is 1. The van der Waals surface area contributed by atoms with Crippen LogP contribution in [0.3, 0.4) is 0 Å². The van der Waals surface area contributed by atoms with Crippen molar-refractivity contribution < 1.29 is 14.3 Å². The van der Waals surface area contributed by atoms with E-state index < -0.39 is 0 Å². The van der Waals surface area contributed by atoms with Gasteiger partial charge in [0.05, 0.1) is 7.11 Å². The summed E-state index contributed by atoms with van der Waals surface area (Å²) in [6, 6.07) is 5.50. The van der Waals surface area contributed by atoms with Gasteiger partial charge in [0.2, 0.25) is 0 Å². The second-order valence-corrected chi connectivity index (χ2v) is 3.99. The predicted octanol–water partition coefficient (Wildman–Crippen LogP) is 2.03. The molecular formula is C13H14O3. The Hall–Kier alpha value is -1.64. The molecule has 2 rings (SSSR count). The van der Waals surface area contributed by atoms with E-state index >= 15 is 0 Å². The zero-order chi connectivity index (χ0) is 11.5. The zero-order valence-corrected chi connectivity index (χ0v) is 9.23. The van der Waals surface area contributed by atoms with Gasteiger partial charge in [-0.15, -0.1) is 0 Å². The Balaban J connectivity index is 2.38. The van der Waals surface area contributed by atoms with Crippen LogP contribution in [0.25, 0.3) is 0 Å². The molecule has 1 aliphatic rings. The summed E-state index contributed by atoms with van der Waals surface area (Å²) in [4.78, 5) is 22.5. The van der Waals surface area contributed by atoms with Crippen LogP contribution in [0.4, 0.5) is 0 Å². The van der Waals surface area contributed by atoms with Gasteiger partial charge in [0.25, 0.3) is 0 Å². The van der Waals surface area contributed by atoms with Crippen molar-refractivity contribution in [2.24, 2.45) is 5.92 Å². The molecule has 84 valence electrons. The van der Waals surface area contributed by atoms with Crippen LogP contribution in [0.5, 0.6) is 5.75 Å². The summed E-state index contributed by atoms with van der Waals surface area (Å²) in [7, 11) is 1.61. The molecule has 0 aliphatic heterocycles. The van der Waals surface area contributed by atoms with Crippen molar-refractivity contribution in [1.82, 2.24) is 0 Å². The van der Waals surface area contributed by atoms with Crippen LogP contribution < -0.4 is 4.74 Å². The van der Waals surface area contributed by atoms with Crippen molar-refractivity contribution in [3.05, 3.63) is 29.3 Å². The number of methoxy groups -OCH3 is 1. The Kier molecular flexibility index (Phi) is 3.04. The number of ketones is 1. The van der Waals surface area contributed by atoms with Gasteiger partial charge >= 0.3 is 0 Å². The largest absolute Gasteiger partial charge is 0.496 e. The third-order valence-corrected chi connectivity index (χ3v) is 3.11. The van der Waals surface area contributed by atoms with Crippen molar-refractivity contribution in [2.75, 3.05) is 7.11 Å². The maximum Gasteiger partial charge on any atom is 0.166 e. The molecule has 0 bridgehead atoms. The lowest BCUT2D eigenvalue weighted by Crippen LogP contribution is -2.23. The normalized spacial score (nSPS) is 19.1. The minimum atomic E-state index is -0.142. The maximum atomic E-state index is 12.1. The van der Waals surface area contributed by atoms with E-state index in [0.29, 0.717) is 6.42 Å². The van der Waals surface area contributed by atoms with E-state index in [9.17, 15) is 9.59 Å². The Morgan fingerprint density at radius 2 is 2.31 bits per heavy atom. The fourth-order valence-electron chi connectivity index (χ4n) is 2.26. The average Bonchev–Trinajstić information content (AvgIpc) is 2.32. The number of fused-ring (bicyclic) bond motifs is 1. The van der Waals surface area contributed by atoms with E-state index in [-0.39, 0.29) is 11.7 Å². The molecular weight excluding hydrogens is 204 g/mol. The highest BCUT2D eigenvalue weighted by atomic mass is 16.5. The average molecular weight is 218 g/mol. The molecule has 0 saturated carbocycles. The number of hydrogen-bond acceptors (Lipinski definition) is 3. The van der Waals surface area contributed by atoms with Gasteiger partial charge in [-0.1, -0.05) is 12.1 Å². The van der Waals surface area contributed by atoms with E-state index in [1.165, 1.54) is 0 Å². The lowest BCUT2D eigenvalue weighted by Gasteiger charge is -2.23. The first-order valence-electron chi connectivity index (χ1n) is 5.41. The molecule has 0 fully saturated rings. The third-order valence-electron chi connectivity index (χ3n) is 3.11. The SMILES string of the molecule is COc1cccc2c1CCC(CC=O)C2=O. The standard InChI is InChI=1S/C13H14O3/c1-16-12-4-2-3-11-10(12)6-5-9(7-8-14)13(11)15/h2-4,8-9H,5-7H2,1H3. The van der Waals surface area contributed by atoms with Gasteiger partial charge in [-0.05, 0) is 18.9 Å². The molecule has 1 aromatic carbocycles. The number of carbonyl (C=O) groups excluding carboxylic acids is 2.